The van der Waals surface area contributed by atoms with Crippen LogP contribution in [0.15, 0.2) is 0 Å². The molecule has 1 unspecified atom stereocenters. The maximum atomic E-state index is 11.1. The van der Waals surface area contributed by atoms with E-state index in [1.54, 1.807) is 0 Å². The van der Waals surface area contributed by atoms with Crippen LogP contribution in [-0.2, 0) is 4.79 Å². The van der Waals surface area contributed by atoms with Gasteiger partial charge in [0.25, 0.3) is 0 Å². The van der Waals surface area contributed by atoms with E-state index in [0.717, 1.165) is 25.8 Å². The summed E-state index contributed by atoms with van der Waals surface area (Å²) in [6.07, 6.45) is 2.03. The normalized spacial score (nSPS) is 16.1. The molecular weight excluding hydrogens is 186 g/mol. The minimum absolute atomic E-state index is 0.181. The molecule has 0 aromatic carbocycles. The lowest BCUT2D eigenvalue weighted by Crippen LogP contribution is -2.42. The Labute approximate surface area is 95.0 Å². The van der Waals surface area contributed by atoms with Gasteiger partial charge < -0.3 is 4.79 Å². The Balaban J connectivity index is 4.45. The molecule has 0 saturated carbocycles. The van der Waals surface area contributed by atoms with E-state index < -0.39 is 0 Å². The summed E-state index contributed by atoms with van der Waals surface area (Å²) in [4.78, 5) is 13.5. The minimum atomic E-state index is -0.181. The van der Waals surface area contributed by atoms with Crippen LogP contribution in [0.4, 0.5) is 0 Å². The van der Waals surface area contributed by atoms with Crippen LogP contribution >= 0.6 is 0 Å². The molecule has 0 aliphatic rings. The number of carbonyl (C=O) groups excluding carboxylic acids is 1. The SMILES string of the molecule is CCC(C)(C=O)CN(CC(C)C)C(C)C. The Kier molecular flexibility index (Phi) is 6.11. The fraction of sp³-hybridized carbons (Fsp3) is 0.923. The molecule has 0 heterocycles. The maximum Gasteiger partial charge on any atom is 0.127 e. The van der Waals surface area contributed by atoms with Gasteiger partial charge in [-0.1, -0.05) is 27.7 Å². The van der Waals surface area contributed by atoms with Crippen molar-refractivity contribution in [1.82, 2.24) is 4.90 Å². The summed E-state index contributed by atoms with van der Waals surface area (Å²) in [5, 5.41) is 0. The van der Waals surface area contributed by atoms with E-state index in [9.17, 15) is 4.79 Å². The van der Waals surface area contributed by atoms with Gasteiger partial charge in [-0.15, -0.1) is 0 Å². The van der Waals surface area contributed by atoms with Crippen molar-refractivity contribution in [2.45, 2.75) is 54.0 Å². The summed E-state index contributed by atoms with van der Waals surface area (Å²) in [6.45, 7) is 14.9. The fourth-order valence-electron chi connectivity index (χ4n) is 1.62. The Bertz CT molecular complexity index is 189. The standard InChI is InChI=1S/C13H27NO/c1-7-13(6,10-15)9-14(12(4)5)8-11(2)3/h10-12H,7-9H2,1-6H3. The summed E-state index contributed by atoms with van der Waals surface area (Å²) in [6, 6.07) is 0.512. The van der Waals surface area contributed by atoms with Crippen molar-refractivity contribution in [1.29, 1.82) is 0 Å². The lowest BCUT2D eigenvalue weighted by atomic mass is 9.88. The molecule has 0 N–H and O–H groups in total. The Morgan fingerprint density at radius 1 is 1.27 bits per heavy atom. The molecule has 0 saturated heterocycles. The largest absolute Gasteiger partial charge is 0.303 e. The van der Waals surface area contributed by atoms with Gasteiger partial charge in [0, 0.05) is 24.5 Å². The zero-order chi connectivity index (χ0) is 12.1. The van der Waals surface area contributed by atoms with Gasteiger partial charge in [-0.05, 0) is 26.2 Å². The molecule has 0 aliphatic carbocycles. The molecular formula is C13H27NO. The van der Waals surface area contributed by atoms with Gasteiger partial charge in [0.2, 0.25) is 0 Å². The highest BCUT2D eigenvalue weighted by Crippen LogP contribution is 2.21. The average molecular weight is 213 g/mol. The summed E-state index contributed by atoms with van der Waals surface area (Å²) < 4.78 is 0. The van der Waals surface area contributed by atoms with Crippen molar-refractivity contribution >= 4 is 6.29 Å². The van der Waals surface area contributed by atoms with Crippen LogP contribution in [0.5, 0.6) is 0 Å². The lowest BCUT2D eigenvalue weighted by molar-refractivity contribution is -0.116. The lowest BCUT2D eigenvalue weighted by Gasteiger charge is -2.34. The predicted octanol–water partition coefficient (Wildman–Crippen LogP) is 2.97. The third kappa shape index (κ3) is 5.31. The molecule has 2 nitrogen and oxygen atoms in total. The quantitative estimate of drug-likeness (QED) is 0.606. The van der Waals surface area contributed by atoms with E-state index in [2.05, 4.69) is 46.4 Å². The van der Waals surface area contributed by atoms with Crippen LogP contribution in [0.25, 0.3) is 0 Å². The Hall–Kier alpha value is -0.370. The van der Waals surface area contributed by atoms with Crippen LogP contribution in [0.2, 0.25) is 0 Å². The van der Waals surface area contributed by atoms with Gasteiger partial charge in [-0.25, -0.2) is 0 Å². The van der Waals surface area contributed by atoms with Crippen molar-refractivity contribution in [3.05, 3.63) is 0 Å². The number of carbonyl (C=O) groups is 1. The molecule has 0 fully saturated rings. The van der Waals surface area contributed by atoms with E-state index in [1.807, 2.05) is 0 Å². The third-order valence-corrected chi connectivity index (χ3v) is 2.99. The predicted molar refractivity (Wildman–Crippen MR) is 66.0 cm³/mol. The molecule has 2 heteroatoms. The van der Waals surface area contributed by atoms with Gasteiger partial charge in [-0.2, -0.15) is 0 Å². The third-order valence-electron chi connectivity index (χ3n) is 2.99. The van der Waals surface area contributed by atoms with E-state index in [1.165, 1.54) is 0 Å². The minimum Gasteiger partial charge on any atom is -0.303 e. The summed E-state index contributed by atoms with van der Waals surface area (Å²) in [5.41, 5.74) is -0.181. The van der Waals surface area contributed by atoms with Crippen molar-refractivity contribution in [2.24, 2.45) is 11.3 Å². The molecule has 0 aromatic heterocycles. The average Bonchev–Trinajstić information content (AvgIpc) is 2.16. The van der Waals surface area contributed by atoms with Crippen LogP contribution in [0, 0.1) is 11.3 Å². The molecule has 0 aliphatic heterocycles. The highest BCUT2D eigenvalue weighted by molar-refractivity contribution is 5.58. The van der Waals surface area contributed by atoms with Crippen molar-refractivity contribution < 1.29 is 4.79 Å². The second-order valence-corrected chi connectivity index (χ2v) is 5.54. The highest BCUT2D eigenvalue weighted by Gasteiger charge is 2.26. The van der Waals surface area contributed by atoms with E-state index in [0.29, 0.717) is 12.0 Å². The first-order chi connectivity index (χ1) is 6.84. The number of rotatable bonds is 7. The molecule has 0 radical (unpaired) electrons. The summed E-state index contributed by atoms with van der Waals surface area (Å²) in [7, 11) is 0. The van der Waals surface area contributed by atoms with Gasteiger partial charge in [0.1, 0.15) is 6.29 Å². The number of nitrogens with zero attached hydrogens (tertiary/aromatic N) is 1. The molecule has 90 valence electrons. The van der Waals surface area contributed by atoms with Crippen LogP contribution in [-0.4, -0.2) is 30.3 Å². The van der Waals surface area contributed by atoms with Gasteiger partial charge in [0.05, 0.1) is 0 Å². The van der Waals surface area contributed by atoms with Gasteiger partial charge >= 0.3 is 0 Å². The van der Waals surface area contributed by atoms with Crippen LogP contribution in [0.1, 0.15) is 48.0 Å². The van der Waals surface area contributed by atoms with Crippen LogP contribution < -0.4 is 0 Å². The van der Waals surface area contributed by atoms with E-state index >= 15 is 0 Å². The Morgan fingerprint density at radius 3 is 2.07 bits per heavy atom. The molecule has 0 rings (SSSR count). The first-order valence-electron chi connectivity index (χ1n) is 6.05. The maximum absolute atomic E-state index is 11.1. The molecule has 0 bridgehead atoms. The fourth-order valence-corrected chi connectivity index (χ4v) is 1.62. The van der Waals surface area contributed by atoms with Crippen molar-refractivity contribution in [3.63, 3.8) is 0 Å². The smallest absolute Gasteiger partial charge is 0.127 e. The van der Waals surface area contributed by atoms with Gasteiger partial charge in [-0.3, -0.25) is 4.90 Å². The van der Waals surface area contributed by atoms with Crippen LogP contribution in [0.3, 0.4) is 0 Å². The molecule has 0 spiro atoms. The number of hydrogen-bond donors (Lipinski definition) is 0. The topological polar surface area (TPSA) is 20.3 Å². The second-order valence-electron chi connectivity index (χ2n) is 5.54. The molecule has 1 atom stereocenters. The van der Waals surface area contributed by atoms with E-state index in [4.69, 9.17) is 0 Å². The molecule has 0 amide bonds. The van der Waals surface area contributed by atoms with E-state index in [-0.39, 0.29) is 5.41 Å². The first-order valence-corrected chi connectivity index (χ1v) is 6.05. The second kappa shape index (κ2) is 6.26. The zero-order valence-corrected chi connectivity index (χ0v) is 11.2. The number of aldehydes is 1. The Morgan fingerprint density at radius 2 is 1.80 bits per heavy atom. The monoisotopic (exact) mass is 213 g/mol. The zero-order valence-electron chi connectivity index (χ0n) is 11.2. The summed E-state index contributed by atoms with van der Waals surface area (Å²) in [5.74, 6) is 0.653. The first kappa shape index (κ1) is 14.6. The van der Waals surface area contributed by atoms with Crippen molar-refractivity contribution in [2.75, 3.05) is 13.1 Å². The number of hydrogen-bond acceptors (Lipinski definition) is 2. The van der Waals surface area contributed by atoms with Crippen molar-refractivity contribution in [3.8, 4) is 0 Å². The molecule has 0 aromatic rings. The molecule has 15 heavy (non-hydrogen) atoms. The summed E-state index contributed by atoms with van der Waals surface area (Å²) >= 11 is 0. The highest BCUT2D eigenvalue weighted by atomic mass is 16.1. The van der Waals surface area contributed by atoms with Gasteiger partial charge in [0.15, 0.2) is 0 Å².